The van der Waals surface area contributed by atoms with Crippen molar-refractivity contribution in [2.24, 2.45) is 17.1 Å². The fourth-order valence-corrected chi connectivity index (χ4v) is 3.80. The third-order valence-corrected chi connectivity index (χ3v) is 4.93. The second-order valence-electron chi connectivity index (χ2n) is 6.30. The molecule has 0 radical (unpaired) electrons. The maximum Gasteiger partial charge on any atom is 0.270 e. The highest BCUT2D eigenvalue weighted by atomic mass is 35.5. The van der Waals surface area contributed by atoms with Gasteiger partial charge in [0.05, 0.1) is 5.01 Å². The van der Waals surface area contributed by atoms with Gasteiger partial charge in [-0.25, -0.2) is 4.98 Å². The van der Waals surface area contributed by atoms with E-state index in [1.807, 2.05) is 5.38 Å². The minimum absolute atomic E-state index is 0. The topological polar surface area (TPSA) is 68.0 Å². The Morgan fingerprint density at radius 1 is 1.52 bits per heavy atom. The Morgan fingerprint density at radius 3 is 2.76 bits per heavy atom. The number of hydrogen-bond donors (Lipinski definition) is 2. The molecule has 1 aliphatic rings. The molecule has 21 heavy (non-hydrogen) atoms. The number of nitrogens with two attached hydrogens (primary N) is 1. The number of halogens is 1. The number of thiazole rings is 1. The normalized spacial score (nSPS) is 16.2. The molecular weight excluding hydrogens is 306 g/mol. The second kappa shape index (κ2) is 8.11. The molecular formula is C15H26ClN3OS. The molecule has 120 valence electrons. The summed E-state index contributed by atoms with van der Waals surface area (Å²) < 4.78 is 0. The molecule has 0 bridgehead atoms. The standard InChI is InChI=1S/C15H25N3OS.ClH/c1-11(2)8-15(5-3-6-15)10-17-14(19)12-9-20-13(18-12)4-7-16;/h9,11H,3-8,10,16H2,1-2H3,(H,17,19);1H. The van der Waals surface area contributed by atoms with E-state index in [9.17, 15) is 4.79 Å². The Balaban J connectivity index is 0.00000220. The number of nitrogens with one attached hydrogen (secondary N) is 1. The van der Waals surface area contributed by atoms with Crippen molar-refractivity contribution in [2.75, 3.05) is 13.1 Å². The van der Waals surface area contributed by atoms with E-state index >= 15 is 0 Å². The zero-order valence-corrected chi connectivity index (χ0v) is 14.5. The van der Waals surface area contributed by atoms with E-state index in [0.29, 0.717) is 23.6 Å². The summed E-state index contributed by atoms with van der Waals surface area (Å²) in [5.41, 5.74) is 6.37. The molecule has 1 aromatic rings. The van der Waals surface area contributed by atoms with Crippen LogP contribution in [0.5, 0.6) is 0 Å². The summed E-state index contributed by atoms with van der Waals surface area (Å²) in [5.74, 6) is 0.641. The van der Waals surface area contributed by atoms with Crippen molar-refractivity contribution in [3.05, 3.63) is 16.1 Å². The van der Waals surface area contributed by atoms with Crippen LogP contribution in [0.1, 0.15) is 55.0 Å². The van der Waals surface area contributed by atoms with Gasteiger partial charge in [0, 0.05) is 18.3 Å². The maximum atomic E-state index is 12.1. The van der Waals surface area contributed by atoms with Crippen molar-refractivity contribution in [1.82, 2.24) is 10.3 Å². The SMILES string of the molecule is CC(C)CC1(CNC(=O)c2csc(CCN)n2)CCC1.Cl. The smallest absolute Gasteiger partial charge is 0.270 e. The van der Waals surface area contributed by atoms with Gasteiger partial charge in [-0.05, 0) is 37.1 Å². The Kier molecular flexibility index (Phi) is 7.10. The van der Waals surface area contributed by atoms with Gasteiger partial charge in [-0.1, -0.05) is 20.3 Å². The van der Waals surface area contributed by atoms with Crippen LogP contribution in [0.15, 0.2) is 5.38 Å². The summed E-state index contributed by atoms with van der Waals surface area (Å²) >= 11 is 1.51. The minimum Gasteiger partial charge on any atom is -0.350 e. The van der Waals surface area contributed by atoms with Gasteiger partial charge in [0.25, 0.3) is 5.91 Å². The van der Waals surface area contributed by atoms with Crippen LogP contribution in [-0.2, 0) is 6.42 Å². The van der Waals surface area contributed by atoms with Gasteiger partial charge in [0.1, 0.15) is 5.69 Å². The lowest BCUT2D eigenvalue weighted by molar-refractivity contribution is 0.0777. The van der Waals surface area contributed by atoms with E-state index in [1.165, 1.54) is 37.0 Å². The molecule has 0 unspecified atom stereocenters. The first-order valence-corrected chi connectivity index (χ1v) is 8.35. The average molecular weight is 332 g/mol. The molecule has 1 heterocycles. The summed E-state index contributed by atoms with van der Waals surface area (Å²) in [6, 6.07) is 0. The molecule has 0 atom stereocenters. The van der Waals surface area contributed by atoms with Crippen LogP contribution >= 0.6 is 23.7 Å². The molecule has 0 aromatic carbocycles. The quantitative estimate of drug-likeness (QED) is 0.807. The van der Waals surface area contributed by atoms with Gasteiger partial charge in [-0.15, -0.1) is 23.7 Å². The maximum absolute atomic E-state index is 12.1. The zero-order valence-electron chi connectivity index (χ0n) is 12.9. The van der Waals surface area contributed by atoms with Gasteiger partial charge in [0.2, 0.25) is 0 Å². The molecule has 1 aromatic heterocycles. The van der Waals surface area contributed by atoms with Gasteiger partial charge in [0.15, 0.2) is 0 Å². The summed E-state index contributed by atoms with van der Waals surface area (Å²) in [6.07, 6.45) is 5.71. The Bertz CT molecular complexity index is 458. The van der Waals surface area contributed by atoms with Gasteiger partial charge < -0.3 is 11.1 Å². The first-order valence-electron chi connectivity index (χ1n) is 7.47. The zero-order chi connectivity index (χ0) is 14.6. The third kappa shape index (κ3) is 4.94. The van der Waals surface area contributed by atoms with Crippen LogP contribution < -0.4 is 11.1 Å². The molecule has 4 nitrogen and oxygen atoms in total. The number of nitrogens with zero attached hydrogens (tertiary/aromatic N) is 1. The number of carbonyl (C=O) groups is 1. The number of rotatable bonds is 7. The van der Waals surface area contributed by atoms with E-state index in [4.69, 9.17) is 5.73 Å². The first kappa shape index (κ1) is 18.4. The summed E-state index contributed by atoms with van der Waals surface area (Å²) in [6.45, 7) is 5.86. The van der Waals surface area contributed by atoms with Crippen LogP contribution in [-0.4, -0.2) is 24.0 Å². The van der Waals surface area contributed by atoms with Crippen LogP contribution in [0.2, 0.25) is 0 Å². The lowest BCUT2D eigenvalue weighted by Gasteiger charge is -2.43. The fraction of sp³-hybridized carbons (Fsp3) is 0.733. The summed E-state index contributed by atoms with van der Waals surface area (Å²) in [7, 11) is 0. The van der Waals surface area contributed by atoms with Crippen LogP contribution in [0, 0.1) is 11.3 Å². The molecule has 0 spiro atoms. The Labute approximate surface area is 137 Å². The van der Waals surface area contributed by atoms with Crippen molar-refractivity contribution in [3.63, 3.8) is 0 Å². The first-order chi connectivity index (χ1) is 9.54. The van der Waals surface area contributed by atoms with Crippen LogP contribution in [0.25, 0.3) is 0 Å². The highest BCUT2D eigenvalue weighted by Gasteiger charge is 2.37. The Hall–Kier alpha value is -0.650. The fourth-order valence-electron chi connectivity index (χ4n) is 3.01. The lowest BCUT2D eigenvalue weighted by Crippen LogP contribution is -2.43. The number of amides is 1. The highest BCUT2D eigenvalue weighted by molar-refractivity contribution is 7.09. The van der Waals surface area contributed by atoms with Crippen molar-refractivity contribution in [1.29, 1.82) is 0 Å². The van der Waals surface area contributed by atoms with Crippen molar-refractivity contribution >= 4 is 29.7 Å². The van der Waals surface area contributed by atoms with Crippen molar-refractivity contribution in [3.8, 4) is 0 Å². The van der Waals surface area contributed by atoms with E-state index in [0.717, 1.165) is 18.0 Å². The highest BCUT2D eigenvalue weighted by Crippen LogP contribution is 2.45. The molecule has 0 saturated heterocycles. The number of aromatic nitrogens is 1. The second-order valence-corrected chi connectivity index (χ2v) is 7.24. The summed E-state index contributed by atoms with van der Waals surface area (Å²) in [4.78, 5) is 16.5. The number of hydrogen-bond acceptors (Lipinski definition) is 4. The van der Waals surface area contributed by atoms with E-state index < -0.39 is 0 Å². The largest absolute Gasteiger partial charge is 0.350 e. The predicted molar refractivity (Wildman–Crippen MR) is 90.2 cm³/mol. The van der Waals surface area contributed by atoms with E-state index in [1.54, 1.807) is 0 Å². The van der Waals surface area contributed by atoms with E-state index in [-0.39, 0.29) is 18.3 Å². The van der Waals surface area contributed by atoms with Crippen molar-refractivity contribution < 1.29 is 4.79 Å². The van der Waals surface area contributed by atoms with Gasteiger partial charge in [-0.2, -0.15) is 0 Å². The lowest BCUT2D eigenvalue weighted by atomic mass is 9.64. The molecule has 2 rings (SSSR count). The number of carbonyl (C=O) groups excluding carboxylic acids is 1. The monoisotopic (exact) mass is 331 g/mol. The van der Waals surface area contributed by atoms with Crippen LogP contribution in [0.3, 0.4) is 0 Å². The molecule has 3 N–H and O–H groups in total. The van der Waals surface area contributed by atoms with Gasteiger partial charge in [-0.3, -0.25) is 4.79 Å². The molecule has 1 saturated carbocycles. The molecule has 6 heteroatoms. The van der Waals surface area contributed by atoms with Crippen molar-refractivity contribution in [2.45, 2.75) is 46.0 Å². The van der Waals surface area contributed by atoms with Gasteiger partial charge >= 0.3 is 0 Å². The summed E-state index contributed by atoms with van der Waals surface area (Å²) in [5, 5.41) is 5.85. The molecule has 1 fully saturated rings. The predicted octanol–water partition coefficient (Wildman–Crippen LogP) is 3.01. The third-order valence-electron chi connectivity index (χ3n) is 4.02. The minimum atomic E-state index is -0.0421. The molecule has 0 aliphatic heterocycles. The molecule has 1 aliphatic carbocycles. The molecule has 1 amide bonds. The Morgan fingerprint density at radius 2 is 2.24 bits per heavy atom. The average Bonchev–Trinajstić information content (AvgIpc) is 2.81. The van der Waals surface area contributed by atoms with E-state index in [2.05, 4.69) is 24.1 Å². The van der Waals surface area contributed by atoms with Crippen LogP contribution in [0.4, 0.5) is 0 Å².